The van der Waals surface area contributed by atoms with Gasteiger partial charge in [0, 0.05) is 18.3 Å². The molecule has 0 saturated carbocycles. The lowest BCUT2D eigenvalue weighted by atomic mass is 10.1. The van der Waals surface area contributed by atoms with Crippen LogP contribution in [0.4, 0.5) is 14.5 Å². The van der Waals surface area contributed by atoms with Crippen LogP contribution in [-0.2, 0) is 6.54 Å². The number of nitrogens with zero attached hydrogens (tertiary/aromatic N) is 2. The van der Waals surface area contributed by atoms with E-state index in [-0.39, 0.29) is 5.56 Å². The molecule has 1 heterocycles. The molecule has 0 bridgehead atoms. The summed E-state index contributed by atoms with van der Waals surface area (Å²) >= 11 is 0. The lowest BCUT2D eigenvalue weighted by Gasteiger charge is -2.08. The highest BCUT2D eigenvalue weighted by Crippen LogP contribution is 2.27. The van der Waals surface area contributed by atoms with Gasteiger partial charge in [-0.3, -0.25) is 4.68 Å². The molecule has 0 radical (unpaired) electrons. The van der Waals surface area contributed by atoms with Crippen LogP contribution >= 0.6 is 0 Å². The van der Waals surface area contributed by atoms with Crippen molar-refractivity contribution in [2.75, 3.05) is 5.73 Å². The van der Waals surface area contributed by atoms with Gasteiger partial charge in [-0.1, -0.05) is 0 Å². The van der Waals surface area contributed by atoms with Gasteiger partial charge in [-0.25, -0.2) is 8.78 Å². The Morgan fingerprint density at radius 3 is 2.75 bits per heavy atom. The molecule has 0 amide bonds. The Morgan fingerprint density at radius 2 is 2.06 bits per heavy atom. The number of hydrogen-bond acceptors (Lipinski definition) is 2. The third kappa shape index (κ3) is 1.54. The quantitative estimate of drug-likeness (QED) is 0.794. The molecule has 84 valence electrons. The lowest BCUT2D eigenvalue weighted by Crippen LogP contribution is -2.03. The summed E-state index contributed by atoms with van der Waals surface area (Å²) in [6.45, 7) is 2.50. The number of anilines is 1. The van der Waals surface area contributed by atoms with E-state index < -0.39 is 17.3 Å². The molecule has 5 heteroatoms. The van der Waals surface area contributed by atoms with Crippen molar-refractivity contribution in [3.05, 3.63) is 36.0 Å². The van der Waals surface area contributed by atoms with E-state index in [1.165, 1.54) is 6.07 Å². The molecule has 0 atom stereocenters. The summed E-state index contributed by atoms with van der Waals surface area (Å²) in [5, 5.41) is 4.02. The minimum atomic E-state index is -0.746. The maximum absolute atomic E-state index is 13.7. The van der Waals surface area contributed by atoms with Crippen molar-refractivity contribution >= 4 is 5.69 Å². The number of benzene rings is 1. The number of nitrogen functional groups attached to an aromatic ring is 1. The van der Waals surface area contributed by atoms with Gasteiger partial charge in [0.05, 0.1) is 5.69 Å². The topological polar surface area (TPSA) is 43.8 Å². The van der Waals surface area contributed by atoms with Crippen molar-refractivity contribution in [3.63, 3.8) is 0 Å². The fourth-order valence-corrected chi connectivity index (χ4v) is 1.58. The van der Waals surface area contributed by atoms with Crippen molar-refractivity contribution in [3.8, 4) is 11.3 Å². The Morgan fingerprint density at radius 1 is 1.31 bits per heavy atom. The van der Waals surface area contributed by atoms with Gasteiger partial charge >= 0.3 is 0 Å². The second-order valence-corrected chi connectivity index (χ2v) is 3.35. The Balaban J connectivity index is 2.61. The molecule has 0 unspecified atom stereocenters. The maximum atomic E-state index is 13.7. The molecule has 3 nitrogen and oxygen atoms in total. The third-order valence-electron chi connectivity index (χ3n) is 2.42. The van der Waals surface area contributed by atoms with E-state index in [0.29, 0.717) is 12.2 Å². The summed E-state index contributed by atoms with van der Waals surface area (Å²) in [6, 6.07) is 4.18. The van der Waals surface area contributed by atoms with Crippen molar-refractivity contribution in [1.82, 2.24) is 9.78 Å². The van der Waals surface area contributed by atoms with Crippen molar-refractivity contribution in [2.45, 2.75) is 13.5 Å². The fourth-order valence-electron chi connectivity index (χ4n) is 1.58. The van der Waals surface area contributed by atoms with Crippen LogP contribution in [0, 0.1) is 11.6 Å². The zero-order valence-corrected chi connectivity index (χ0v) is 8.74. The molecule has 0 spiro atoms. The highest BCUT2D eigenvalue weighted by Gasteiger charge is 2.14. The normalized spacial score (nSPS) is 10.7. The molecule has 1 aromatic carbocycles. The van der Waals surface area contributed by atoms with E-state index in [2.05, 4.69) is 5.10 Å². The Kier molecular flexibility index (Phi) is 2.60. The first-order valence-corrected chi connectivity index (χ1v) is 4.90. The zero-order valence-electron chi connectivity index (χ0n) is 8.74. The molecule has 0 aliphatic rings. The predicted molar refractivity (Wildman–Crippen MR) is 57.7 cm³/mol. The Hall–Kier alpha value is -1.91. The molecule has 0 aliphatic carbocycles. The van der Waals surface area contributed by atoms with Crippen LogP contribution in [0.15, 0.2) is 24.4 Å². The Bertz CT molecular complexity index is 520. The SMILES string of the molecule is CCn1nccc1-c1ccc(F)c(N)c1F. The molecule has 1 aromatic heterocycles. The second kappa shape index (κ2) is 3.92. The molecule has 0 aliphatic heterocycles. The van der Waals surface area contributed by atoms with Crippen LogP contribution in [-0.4, -0.2) is 9.78 Å². The van der Waals surface area contributed by atoms with Crippen LogP contribution in [0.5, 0.6) is 0 Å². The van der Waals surface area contributed by atoms with Crippen molar-refractivity contribution in [2.24, 2.45) is 0 Å². The van der Waals surface area contributed by atoms with E-state index >= 15 is 0 Å². The van der Waals surface area contributed by atoms with Gasteiger partial charge in [0.1, 0.15) is 11.5 Å². The molecule has 0 saturated heterocycles. The first kappa shape index (κ1) is 10.6. The van der Waals surface area contributed by atoms with Crippen LogP contribution in [0.1, 0.15) is 6.92 Å². The summed E-state index contributed by atoms with van der Waals surface area (Å²) in [4.78, 5) is 0. The summed E-state index contributed by atoms with van der Waals surface area (Å²) in [5.41, 5.74) is 5.70. The van der Waals surface area contributed by atoms with Crippen LogP contribution in [0.3, 0.4) is 0 Å². The average molecular weight is 223 g/mol. The summed E-state index contributed by atoms with van der Waals surface area (Å²) in [5.74, 6) is -1.49. The van der Waals surface area contributed by atoms with Crippen LogP contribution in [0.25, 0.3) is 11.3 Å². The lowest BCUT2D eigenvalue weighted by molar-refractivity contribution is 0.590. The smallest absolute Gasteiger partial charge is 0.158 e. The molecule has 2 aromatic rings. The predicted octanol–water partition coefficient (Wildman–Crippen LogP) is 2.43. The van der Waals surface area contributed by atoms with Gasteiger partial charge in [0.15, 0.2) is 5.82 Å². The zero-order chi connectivity index (χ0) is 11.7. The van der Waals surface area contributed by atoms with Gasteiger partial charge in [-0.2, -0.15) is 5.10 Å². The van der Waals surface area contributed by atoms with Crippen LogP contribution < -0.4 is 5.73 Å². The number of rotatable bonds is 2. The third-order valence-corrected chi connectivity index (χ3v) is 2.42. The van der Waals surface area contributed by atoms with Crippen LogP contribution in [0.2, 0.25) is 0 Å². The highest BCUT2D eigenvalue weighted by atomic mass is 19.1. The van der Waals surface area contributed by atoms with E-state index in [1.54, 1.807) is 16.9 Å². The average Bonchev–Trinajstić information content (AvgIpc) is 2.74. The van der Waals surface area contributed by atoms with Gasteiger partial charge in [-0.05, 0) is 25.1 Å². The molecule has 16 heavy (non-hydrogen) atoms. The van der Waals surface area contributed by atoms with E-state index in [1.807, 2.05) is 6.92 Å². The summed E-state index contributed by atoms with van der Waals surface area (Å²) < 4.78 is 28.4. The van der Waals surface area contributed by atoms with Gasteiger partial charge in [0.25, 0.3) is 0 Å². The van der Waals surface area contributed by atoms with Gasteiger partial charge < -0.3 is 5.73 Å². The molecule has 2 rings (SSSR count). The number of aryl methyl sites for hydroxylation is 1. The second-order valence-electron chi connectivity index (χ2n) is 3.35. The molecule has 0 fully saturated rings. The first-order valence-electron chi connectivity index (χ1n) is 4.90. The monoisotopic (exact) mass is 223 g/mol. The largest absolute Gasteiger partial charge is 0.394 e. The summed E-state index contributed by atoms with van der Waals surface area (Å²) in [6.07, 6.45) is 1.57. The number of halogens is 2. The fraction of sp³-hybridized carbons (Fsp3) is 0.182. The van der Waals surface area contributed by atoms with E-state index in [9.17, 15) is 8.78 Å². The van der Waals surface area contributed by atoms with Gasteiger partial charge in [0.2, 0.25) is 0 Å². The highest BCUT2D eigenvalue weighted by molar-refractivity contribution is 5.65. The van der Waals surface area contributed by atoms with E-state index in [0.717, 1.165) is 6.07 Å². The van der Waals surface area contributed by atoms with Crippen molar-refractivity contribution in [1.29, 1.82) is 0 Å². The number of aromatic nitrogens is 2. The van der Waals surface area contributed by atoms with E-state index in [4.69, 9.17) is 5.73 Å². The Labute approximate surface area is 91.5 Å². The summed E-state index contributed by atoms with van der Waals surface area (Å²) in [7, 11) is 0. The molecule has 2 N–H and O–H groups in total. The number of nitrogens with two attached hydrogens (primary N) is 1. The van der Waals surface area contributed by atoms with Gasteiger partial charge in [-0.15, -0.1) is 0 Å². The molecular weight excluding hydrogens is 212 g/mol. The standard InChI is InChI=1S/C11H11F2N3/c1-2-16-9(5-6-15-16)7-3-4-8(12)11(14)10(7)13/h3-6H,2,14H2,1H3. The number of hydrogen-bond donors (Lipinski definition) is 1. The minimum absolute atomic E-state index is 0.262. The maximum Gasteiger partial charge on any atom is 0.158 e. The first-order chi connectivity index (χ1) is 7.65. The minimum Gasteiger partial charge on any atom is -0.394 e. The molecular formula is C11H11F2N3. The van der Waals surface area contributed by atoms with Crippen molar-refractivity contribution < 1.29 is 8.78 Å².